The van der Waals surface area contributed by atoms with Gasteiger partial charge in [-0.2, -0.15) is 0 Å². The smallest absolute Gasteiger partial charge is 0.308 e. The standard InChI is InChI=1S/C35H43Br2NO7/c1-35(2,3)45-34(40)13-14-41-15-16-42-17-18-43-19-20-44-29-6-4-5-25(21-29)7-10-28(39)24-38-32-11-8-26(36)22-30(32)31-23-27(37)9-12-33(31)38/h4-6,8-9,11-12,21-23,28,39H,7,10,13-20,24H2,1-3H3. The van der Waals surface area contributed by atoms with Crippen LogP contribution in [0.15, 0.2) is 69.6 Å². The second-order valence-corrected chi connectivity index (χ2v) is 13.6. The highest BCUT2D eigenvalue weighted by Crippen LogP contribution is 2.33. The van der Waals surface area contributed by atoms with Gasteiger partial charge >= 0.3 is 5.97 Å². The van der Waals surface area contributed by atoms with Crippen molar-refractivity contribution < 1.29 is 33.6 Å². The minimum absolute atomic E-state index is 0.228. The van der Waals surface area contributed by atoms with E-state index in [-0.39, 0.29) is 12.4 Å². The highest BCUT2D eigenvalue weighted by Gasteiger charge is 2.16. The Morgan fingerprint density at radius 2 is 1.38 bits per heavy atom. The molecule has 1 N–H and O–H groups in total. The van der Waals surface area contributed by atoms with Crippen molar-refractivity contribution >= 4 is 59.6 Å². The molecular formula is C35H43Br2NO7. The molecule has 10 heteroatoms. The second-order valence-electron chi connectivity index (χ2n) is 11.8. The van der Waals surface area contributed by atoms with E-state index in [0.717, 1.165) is 48.5 Å². The van der Waals surface area contributed by atoms with Crippen LogP contribution in [0.1, 0.15) is 39.2 Å². The largest absolute Gasteiger partial charge is 0.491 e. The molecule has 8 nitrogen and oxygen atoms in total. The number of hydrogen-bond donors (Lipinski definition) is 1. The van der Waals surface area contributed by atoms with Gasteiger partial charge in [-0.15, -0.1) is 0 Å². The number of carbonyl (C=O) groups excluding carboxylic acids is 1. The maximum absolute atomic E-state index is 11.6. The van der Waals surface area contributed by atoms with Crippen LogP contribution in [0.5, 0.6) is 5.75 Å². The summed E-state index contributed by atoms with van der Waals surface area (Å²) in [5.74, 6) is 0.516. The number of aliphatic hydroxyl groups is 1. The Morgan fingerprint density at radius 1 is 0.800 bits per heavy atom. The molecule has 0 fully saturated rings. The van der Waals surface area contributed by atoms with E-state index in [9.17, 15) is 9.90 Å². The number of halogens is 2. The molecule has 0 radical (unpaired) electrons. The lowest BCUT2D eigenvalue weighted by atomic mass is 10.1. The van der Waals surface area contributed by atoms with E-state index in [4.69, 9.17) is 23.7 Å². The number of carbonyl (C=O) groups is 1. The number of benzene rings is 3. The molecule has 45 heavy (non-hydrogen) atoms. The summed E-state index contributed by atoms with van der Waals surface area (Å²) < 4.78 is 31.9. The molecule has 0 aliphatic rings. The third-order valence-electron chi connectivity index (χ3n) is 6.96. The Bertz CT molecular complexity index is 1470. The quantitative estimate of drug-likeness (QED) is 0.0835. The zero-order chi connectivity index (χ0) is 32.2. The van der Waals surface area contributed by atoms with Gasteiger partial charge in [0.25, 0.3) is 0 Å². The SMILES string of the molecule is CC(C)(C)OC(=O)CCOCCOCCOCCOc1cccc(CCC(O)Cn2c3ccc(Br)cc3c3cc(Br)ccc32)c1. The fraction of sp³-hybridized carbons (Fsp3) is 0.457. The van der Waals surface area contributed by atoms with Crippen LogP contribution in [0.4, 0.5) is 0 Å². The van der Waals surface area contributed by atoms with Crippen molar-refractivity contribution in [3.63, 3.8) is 0 Å². The molecule has 0 spiro atoms. The average molecular weight is 750 g/mol. The van der Waals surface area contributed by atoms with E-state index in [1.807, 2.05) is 51.1 Å². The molecule has 0 saturated heterocycles. The summed E-state index contributed by atoms with van der Waals surface area (Å²) >= 11 is 7.19. The van der Waals surface area contributed by atoms with E-state index in [0.29, 0.717) is 59.2 Å². The van der Waals surface area contributed by atoms with Crippen molar-refractivity contribution in [2.75, 3.05) is 46.2 Å². The Labute approximate surface area is 282 Å². The lowest BCUT2D eigenvalue weighted by Gasteiger charge is -2.19. The van der Waals surface area contributed by atoms with E-state index < -0.39 is 11.7 Å². The number of esters is 1. The zero-order valence-electron chi connectivity index (χ0n) is 26.2. The third-order valence-corrected chi connectivity index (χ3v) is 7.94. The molecule has 4 rings (SSSR count). The van der Waals surface area contributed by atoms with Gasteiger partial charge in [0.1, 0.15) is 18.0 Å². The summed E-state index contributed by atoms with van der Waals surface area (Å²) in [5.41, 5.74) is 2.85. The van der Waals surface area contributed by atoms with E-state index in [1.165, 1.54) is 0 Å². The molecule has 4 aromatic rings. The Morgan fingerprint density at radius 3 is 1.98 bits per heavy atom. The molecule has 0 amide bonds. The topological polar surface area (TPSA) is 88.4 Å². The van der Waals surface area contributed by atoms with E-state index in [2.05, 4.69) is 66.8 Å². The summed E-state index contributed by atoms with van der Waals surface area (Å²) in [6.45, 7) is 8.99. The first kappa shape index (κ1) is 35.4. The molecular weight excluding hydrogens is 706 g/mol. The van der Waals surface area contributed by atoms with Gasteiger partial charge in [-0.3, -0.25) is 4.79 Å². The van der Waals surface area contributed by atoms with Crippen molar-refractivity contribution in [1.29, 1.82) is 0 Å². The zero-order valence-corrected chi connectivity index (χ0v) is 29.4. The maximum atomic E-state index is 11.6. The molecule has 0 saturated carbocycles. The van der Waals surface area contributed by atoms with Crippen LogP contribution in [-0.4, -0.2) is 73.6 Å². The lowest BCUT2D eigenvalue weighted by molar-refractivity contribution is -0.156. The van der Waals surface area contributed by atoms with Crippen LogP contribution in [0.3, 0.4) is 0 Å². The van der Waals surface area contributed by atoms with Crippen LogP contribution >= 0.6 is 31.9 Å². The minimum Gasteiger partial charge on any atom is -0.491 e. The van der Waals surface area contributed by atoms with Gasteiger partial charge in [0.2, 0.25) is 0 Å². The minimum atomic E-state index is -0.500. The number of nitrogens with zero attached hydrogens (tertiary/aromatic N) is 1. The summed E-state index contributed by atoms with van der Waals surface area (Å²) in [5, 5.41) is 13.3. The monoisotopic (exact) mass is 747 g/mol. The van der Waals surface area contributed by atoms with E-state index >= 15 is 0 Å². The first-order chi connectivity index (χ1) is 21.6. The maximum Gasteiger partial charge on any atom is 0.308 e. The molecule has 244 valence electrons. The average Bonchev–Trinajstić information content (AvgIpc) is 3.27. The predicted molar refractivity (Wildman–Crippen MR) is 184 cm³/mol. The van der Waals surface area contributed by atoms with Crippen LogP contribution in [0.25, 0.3) is 21.8 Å². The van der Waals surface area contributed by atoms with Crippen molar-refractivity contribution in [2.24, 2.45) is 0 Å². The van der Waals surface area contributed by atoms with Crippen LogP contribution < -0.4 is 4.74 Å². The first-order valence-electron chi connectivity index (χ1n) is 15.3. The number of aromatic nitrogens is 1. The Kier molecular flexibility index (Phi) is 13.7. The van der Waals surface area contributed by atoms with Gasteiger partial charge in [0.15, 0.2) is 0 Å². The number of aryl methyl sites for hydroxylation is 1. The van der Waals surface area contributed by atoms with Crippen molar-refractivity contribution in [3.8, 4) is 5.75 Å². The number of rotatable bonds is 18. The molecule has 0 aliphatic carbocycles. The van der Waals surface area contributed by atoms with Gasteiger partial charge in [-0.1, -0.05) is 44.0 Å². The van der Waals surface area contributed by atoms with Crippen molar-refractivity contribution in [1.82, 2.24) is 4.57 Å². The normalized spacial score (nSPS) is 12.6. The van der Waals surface area contributed by atoms with Crippen molar-refractivity contribution in [3.05, 3.63) is 75.2 Å². The van der Waals surface area contributed by atoms with Gasteiger partial charge in [-0.05, 0) is 87.7 Å². The number of ether oxygens (including phenoxy) is 5. The molecule has 1 heterocycles. The van der Waals surface area contributed by atoms with Gasteiger partial charge < -0.3 is 33.4 Å². The number of aliphatic hydroxyl groups excluding tert-OH is 1. The summed E-state index contributed by atoms with van der Waals surface area (Å²) in [7, 11) is 0. The summed E-state index contributed by atoms with van der Waals surface area (Å²) in [4.78, 5) is 11.6. The molecule has 0 bridgehead atoms. The Balaban J connectivity index is 1.11. The lowest BCUT2D eigenvalue weighted by Crippen LogP contribution is -2.24. The van der Waals surface area contributed by atoms with Gasteiger partial charge in [0.05, 0.1) is 52.2 Å². The van der Waals surface area contributed by atoms with Gasteiger partial charge in [-0.25, -0.2) is 0 Å². The first-order valence-corrected chi connectivity index (χ1v) is 16.9. The fourth-order valence-electron chi connectivity index (χ4n) is 4.98. The highest BCUT2D eigenvalue weighted by molar-refractivity contribution is 9.10. The number of hydrogen-bond acceptors (Lipinski definition) is 7. The number of fused-ring (bicyclic) bond motifs is 3. The van der Waals surface area contributed by atoms with Crippen LogP contribution in [0.2, 0.25) is 0 Å². The van der Waals surface area contributed by atoms with Gasteiger partial charge in [0, 0.05) is 37.3 Å². The molecule has 1 aromatic heterocycles. The predicted octanol–water partition coefficient (Wildman–Crippen LogP) is 7.47. The summed E-state index contributed by atoms with van der Waals surface area (Å²) in [6, 6.07) is 20.5. The molecule has 1 atom stereocenters. The molecule has 3 aromatic carbocycles. The second kappa shape index (κ2) is 17.4. The summed E-state index contributed by atoms with van der Waals surface area (Å²) in [6.07, 6.45) is 1.10. The Hall–Kier alpha value is -2.47. The fourth-order valence-corrected chi connectivity index (χ4v) is 5.70. The van der Waals surface area contributed by atoms with Crippen LogP contribution in [-0.2, 0) is 36.7 Å². The van der Waals surface area contributed by atoms with Crippen LogP contribution in [0, 0.1) is 0 Å². The highest BCUT2D eigenvalue weighted by atomic mass is 79.9. The van der Waals surface area contributed by atoms with Crippen molar-refractivity contribution in [2.45, 2.75) is 58.3 Å². The van der Waals surface area contributed by atoms with E-state index in [1.54, 1.807) is 0 Å². The molecule has 0 aliphatic heterocycles. The molecule has 1 unspecified atom stereocenters. The third kappa shape index (κ3) is 11.7.